The highest BCUT2D eigenvalue weighted by atomic mass is 15.2. The number of imidazole rings is 1. The van der Waals surface area contributed by atoms with E-state index in [9.17, 15) is 0 Å². The summed E-state index contributed by atoms with van der Waals surface area (Å²) in [6.45, 7) is 0.907. The van der Waals surface area contributed by atoms with Crippen LogP contribution in [0.3, 0.4) is 0 Å². The lowest BCUT2D eigenvalue weighted by atomic mass is 10.2. The first-order valence-electron chi connectivity index (χ1n) is 7.16. The Hall–Kier alpha value is -2.62. The van der Waals surface area contributed by atoms with Gasteiger partial charge in [-0.15, -0.1) is 0 Å². The van der Waals surface area contributed by atoms with Crippen LogP contribution in [0.1, 0.15) is 5.56 Å². The van der Waals surface area contributed by atoms with E-state index in [0.717, 1.165) is 6.54 Å². The third-order valence-electron chi connectivity index (χ3n) is 4.68. The van der Waals surface area contributed by atoms with E-state index in [1.807, 2.05) is 12.4 Å². The molecule has 0 saturated heterocycles. The Balaban J connectivity index is 2.03. The van der Waals surface area contributed by atoms with Crippen LogP contribution in [-0.4, -0.2) is 14.1 Å². The number of benzene rings is 1. The lowest BCUT2D eigenvalue weighted by Crippen LogP contribution is -2.31. The number of fused-ring (bicyclic) bond motifs is 7. The average Bonchev–Trinajstić information content (AvgIpc) is 3.11. The minimum atomic E-state index is 0.907. The normalized spacial score (nSPS) is 13.0. The van der Waals surface area contributed by atoms with E-state index in [4.69, 9.17) is 0 Å². The van der Waals surface area contributed by atoms with Gasteiger partial charge in [-0.1, -0.05) is 12.1 Å². The molecular formula is C17H15N4+. The molecule has 0 unspecified atom stereocenters. The molecule has 1 aliphatic heterocycles. The zero-order valence-electron chi connectivity index (χ0n) is 12.0. The van der Waals surface area contributed by atoms with Gasteiger partial charge in [-0.05, 0) is 18.2 Å². The average molecular weight is 275 g/mol. The molecule has 0 aliphatic carbocycles. The van der Waals surface area contributed by atoms with E-state index in [1.54, 1.807) is 0 Å². The van der Waals surface area contributed by atoms with Gasteiger partial charge in [0.2, 0.25) is 5.82 Å². The van der Waals surface area contributed by atoms with Crippen LogP contribution in [0.5, 0.6) is 0 Å². The third-order valence-corrected chi connectivity index (χ3v) is 4.68. The van der Waals surface area contributed by atoms with Crippen molar-refractivity contribution in [3.63, 3.8) is 0 Å². The molecule has 4 heterocycles. The van der Waals surface area contributed by atoms with Gasteiger partial charge in [0.05, 0.1) is 31.6 Å². The fourth-order valence-electron chi connectivity index (χ4n) is 3.82. The summed E-state index contributed by atoms with van der Waals surface area (Å²) >= 11 is 0. The smallest absolute Gasteiger partial charge is 0.264 e. The van der Waals surface area contributed by atoms with Crippen LogP contribution in [0, 0.1) is 0 Å². The minimum Gasteiger partial charge on any atom is -0.264 e. The fraction of sp³-hybridized carbons (Fsp3) is 0.176. The highest BCUT2D eigenvalue weighted by Crippen LogP contribution is 2.36. The molecule has 0 amide bonds. The minimum absolute atomic E-state index is 0.907. The predicted molar refractivity (Wildman–Crippen MR) is 81.9 cm³/mol. The van der Waals surface area contributed by atoms with Crippen molar-refractivity contribution >= 4 is 22.1 Å². The second-order valence-corrected chi connectivity index (χ2v) is 5.75. The van der Waals surface area contributed by atoms with Gasteiger partial charge in [0.25, 0.3) is 5.65 Å². The van der Waals surface area contributed by atoms with Gasteiger partial charge >= 0.3 is 0 Å². The Morgan fingerprint density at radius 1 is 1.19 bits per heavy atom. The number of rotatable bonds is 0. The summed E-state index contributed by atoms with van der Waals surface area (Å²) in [7, 11) is 4.30. The summed E-state index contributed by atoms with van der Waals surface area (Å²) in [5.74, 6) is 1.28. The van der Waals surface area contributed by atoms with Crippen LogP contribution in [0.4, 0.5) is 0 Å². The second kappa shape index (κ2) is 3.52. The number of hydrogen-bond acceptors (Lipinski definition) is 1. The van der Waals surface area contributed by atoms with Crippen LogP contribution in [0.25, 0.3) is 33.5 Å². The molecular weight excluding hydrogens is 260 g/mol. The molecule has 0 fully saturated rings. The van der Waals surface area contributed by atoms with Crippen LogP contribution < -0.4 is 4.57 Å². The van der Waals surface area contributed by atoms with Crippen molar-refractivity contribution in [1.29, 1.82) is 0 Å². The molecule has 0 radical (unpaired) electrons. The monoisotopic (exact) mass is 275 g/mol. The predicted octanol–water partition coefficient (Wildman–Crippen LogP) is 2.38. The number of hydrogen-bond donors (Lipinski definition) is 0. The van der Waals surface area contributed by atoms with Gasteiger partial charge in [0.15, 0.2) is 5.52 Å². The fourth-order valence-corrected chi connectivity index (χ4v) is 3.82. The van der Waals surface area contributed by atoms with Crippen molar-refractivity contribution in [3.8, 4) is 11.4 Å². The Morgan fingerprint density at radius 3 is 2.95 bits per heavy atom. The summed E-state index contributed by atoms with van der Waals surface area (Å²) in [6, 6.07) is 10.7. The standard InChI is InChI=1S/C17H15N4/c1-19-14-6-4-3-5-13(14)15-17(19)20(2)16-12-7-8-18-9-11(12)10-21(15)16/h3-9H,10H2,1-2H3/q+1. The van der Waals surface area contributed by atoms with Crippen LogP contribution >= 0.6 is 0 Å². The molecule has 1 aromatic carbocycles. The first-order valence-corrected chi connectivity index (χ1v) is 7.16. The molecule has 0 bridgehead atoms. The first kappa shape index (κ1) is 11.1. The van der Waals surface area contributed by atoms with E-state index >= 15 is 0 Å². The van der Waals surface area contributed by atoms with E-state index in [-0.39, 0.29) is 0 Å². The van der Waals surface area contributed by atoms with Crippen molar-refractivity contribution in [2.24, 2.45) is 14.1 Å². The quantitative estimate of drug-likeness (QED) is 0.399. The van der Waals surface area contributed by atoms with Gasteiger partial charge < -0.3 is 0 Å². The van der Waals surface area contributed by atoms with Crippen molar-refractivity contribution in [2.75, 3.05) is 0 Å². The zero-order valence-corrected chi connectivity index (χ0v) is 12.0. The zero-order chi connectivity index (χ0) is 14.1. The summed E-state index contributed by atoms with van der Waals surface area (Å²) in [4.78, 5) is 4.27. The van der Waals surface area contributed by atoms with Crippen LogP contribution in [-0.2, 0) is 20.6 Å². The molecule has 4 aromatic rings. The van der Waals surface area contributed by atoms with Gasteiger partial charge in [-0.3, -0.25) is 9.55 Å². The van der Waals surface area contributed by atoms with Crippen LogP contribution in [0.15, 0.2) is 42.7 Å². The van der Waals surface area contributed by atoms with Gasteiger partial charge in [-0.2, -0.15) is 0 Å². The summed E-state index contributed by atoms with van der Waals surface area (Å²) in [5.41, 5.74) is 6.48. The molecule has 21 heavy (non-hydrogen) atoms. The highest BCUT2D eigenvalue weighted by Gasteiger charge is 2.34. The summed E-state index contributed by atoms with van der Waals surface area (Å²) in [6.07, 6.45) is 3.86. The molecule has 0 atom stereocenters. The van der Waals surface area contributed by atoms with Crippen molar-refractivity contribution < 1.29 is 4.57 Å². The maximum absolute atomic E-state index is 4.27. The molecule has 4 nitrogen and oxygen atoms in total. The van der Waals surface area contributed by atoms with Gasteiger partial charge in [-0.25, -0.2) is 9.13 Å². The van der Waals surface area contributed by atoms with Crippen molar-refractivity contribution in [1.82, 2.24) is 14.1 Å². The molecule has 0 saturated carbocycles. The molecule has 0 N–H and O–H groups in total. The number of pyridine rings is 1. The van der Waals surface area contributed by atoms with Crippen molar-refractivity contribution in [3.05, 3.63) is 48.3 Å². The SMILES string of the molecule is Cn1c2ccccc2c2c1[n+](C)c1n2Cc2cnccc2-1. The molecule has 1 aliphatic rings. The second-order valence-electron chi connectivity index (χ2n) is 5.75. The van der Waals surface area contributed by atoms with E-state index < -0.39 is 0 Å². The largest absolute Gasteiger partial charge is 0.269 e. The number of aryl methyl sites for hydroxylation is 2. The molecule has 102 valence electrons. The topological polar surface area (TPSA) is 26.6 Å². The summed E-state index contributed by atoms with van der Waals surface area (Å²) < 4.78 is 7.02. The van der Waals surface area contributed by atoms with Gasteiger partial charge in [0.1, 0.15) is 5.52 Å². The third kappa shape index (κ3) is 1.17. The first-order chi connectivity index (χ1) is 10.3. The lowest BCUT2D eigenvalue weighted by molar-refractivity contribution is -0.636. The van der Waals surface area contributed by atoms with Gasteiger partial charge in [0, 0.05) is 18.0 Å². The number of para-hydroxylation sites is 1. The maximum atomic E-state index is 4.27. The Bertz CT molecular complexity index is 1040. The van der Waals surface area contributed by atoms with Crippen LogP contribution in [0.2, 0.25) is 0 Å². The lowest BCUT2D eigenvalue weighted by Gasteiger charge is -1.98. The molecule has 4 heteroatoms. The Morgan fingerprint density at radius 2 is 2.05 bits per heavy atom. The van der Waals surface area contributed by atoms with Crippen molar-refractivity contribution in [2.45, 2.75) is 6.54 Å². The maximum Gasteiger partial charge on any atom is 0.269 e. The number of aromatic nitrogens is 4. The van der Waals surface area contributed by atoms with E-state index in [1.165, 1.54) is 39.0 Å². The molecule has 5 rings (SSSR count). The Labute approximate surface area is 121 Å². The highest BCUT2D eigenvalue weighted by molar-refractivity contribution is 6.04. The summed E-state index contributed by atoms with van der Waals surface area (Å²) in [5, 5.41) is 1.32. The number of nitrogens with zero attached hydrogens (tertiary/aromatic N) is 4. The van der Waals surface area contributed by atoms with E-state index in [0.29, 0.717) is 0 Å². The Kier molecular flexibility index (Phi) is 1.86. The van der Waals surface area contributed by atoms with E-state index in [2.05, 4.69) is 63.1 Å². The molecule has 0 spiro atoms. The molecule has 3 aromatic heterocycles.